The van der Waals surface area contributed by atoms with Gasteiger partial charge in [-0.2, -0.15) is 0 Å². The first-order valence-electron chi connectivity index (χ1n) is 5.63. The number of phenols is 1. The van der Waals surface area contributed by atoms with Crippen LogP contribution in [0, 0.1) is 13.8 Å². The SMILES string of the molecule is CCOC(OCC)c1c(C)cc(O)cc1C. The largest absolute Gasteiger partial charge is 0.508 e. The molecule has 0 heterocycles. The van der Waals surface area contributed by atoms with Gasteiger partial charge in [0, 0.05) is 18.8 Å². The van der Waals surface area contributed by atoms with E-state index in [1.807, 2.05) is 27.7 Å². The molecule has 16 heavy (non-hydrogen) atoms. The van der Waals surface area contributed by atoms with E-state index in [-0.39, 0.29) is 12.0 Å². The molecule has 0 aliphatic rings. The van der Waals surface area contributed by atoms with E-state index >= 15 is 0 Å². The van der Waals surface area contributed by atoms with Crippen LogP contribution in [-0.2, 0) is 9.47 Å². The summed E-state index contributed by atoms with van der Waals surface area (Å²) in [6.07, 6.45) is -0.337. The predicted octanol–water partition coefficient (Wildman–Crippen LogP) is 3.08. The van der Waals surface area contributed by atoms with Crippen LogP contribution in [0.25, 0.3) is 0 Å². The molecule has 0 saturated carbocycles. The van der Waals surface area contributed by atoms with Crippen molar-refractivity contribution in [3.8, 4) is 5.75 Å². The molecule has 0 amide bonds. The van der Waals surface area contributed by atoms with Gasteiger partial charge in [0.15, 0.2) is 6.29 Å². The lowest BCUT2D eigenvalue weighted by molar-refractivity contribution is -0.140. The van der Waals surface area contributed by atoms with Crippen molar-refractivity contribution in [1.82, 2.24) is 0 Å². The zero-order chi connectivity index (χ0) is 12.1. The highest BCUT2D eigenvalue weighted by Gasteiger charge is 2.17. The van der Waals surface area contributed by atoms with Crippen LogP contribution in [0.5, 0.6) is 5.75 Å². The van der Waals surface area contributed by atoms with E-state index < -0.39 is 0 Å². The Morgan fingerprint density at radius 1 is 1.06 bits per heavy atom. The highest BCUT2D eigenvalue weighted by molar-refractivity contribution is 5.41. The van der Waals surface area contributed by atoms with Crippen molar-refractivity contribution in [2.45, 2.75) is 34.0 Å². The van der Waals surface area contributed by atoms with Gasteiger partial charge in [-0.05, 0) is 51.0 Å². The van der Waals surface area contributed by atoms with Crippen LogP contribution in [0.3, 0.4) is 0 Å². The number of hydrogen-bond donors (Lipinski definition) is 1. The van der Waals surface area contributed by atoms with E-state index in [4.69, 9.17) is 9.47 Å². The van der Waals surface area contributed by atoms with Crippen molar-refractivity contribution in [2.75, 3.05) is 13.2 Å². The van der Waals surface area contributed by atoms with Crippen LogP contribution in [0.15, 0.2) is 12.1 Å². The van der Waals surface area contributed by atoms with Crippen molar-refractivity contribution in [1.29, 1.82) is 0 Å². The molecule has 1 N–H and O–H groups in total. The Bertz CT molecular complexity index is 318. The average Bonchev–Trinajstić information content (AvgIpc) is 2.16. The van der Waals surface area contributed by atoms with Gasteiger partial charge in [0.05, 0.1) is 0 Å². The van der Waals surface area contributed by atoms with Crippen LogP contribution in [0.2, 0.25) is 0 Å². The molecule has 0 saturated heterocycles. The van der Waals surface area contributed by atoms with Crippen LogP contribution >= 0.6 is 0 Å². The van der Waals surface area contributed by atoms with Crippen LogP contribution in [-0.4, -0.2) is 18.3 Å². The van der Waals surface area contributed by atoms with Gasteiger partial charge in [0.2, 0.25) is 0 Å². The van der Waals surface area contributed by atoms with Crippen LogP contribution in [0.4, 0.5) is 0 Å². The average molecular weight is 224 g/mol. The molecule has 0 bridgehead atoms. The Morgan fingerprint density at radius 3 is 1.88 bits per heavy atom. The van der Waals surface area contributed by atoms with Crippen molar-refractivity contribution in [3.05, 3.63) is 28.8 Å². The van der Waals surface area contributed by atoms with Crippen molar-refractivity contribution in [3.63, 3.8) is 0 Å². The lowest BCUT2D eigenvalue weighted by Crippen LogP contribution is -2.11. The molecule has 0 unspecified atom stereocenters. The molecule has 0 atom stereocenters. The number of rotatable bonds is 5. The Balaban J connectivity index is 3.07. The maximum atomic E-state index is 9.48. The number of aryl methyl sites for hydroxylation is 2. The minimum absolute atomic E-state index is 0.283. The first-order chi connectivity index (χ1) is 7.60. The quantitative estimate of drug-likeness (QED) is 0.781. The zero-order valence-electron chi connectivity index (χ0n) is 10.4. The second-order valence-electron chi connectivity index (χ2n) is 3.74. The van der Waals surface area contributed by atoms with Gasteiger partial charge in [0.1, 0.15) is 5.75 Å². The molecule has 0 fully saturated rings. The van der Waals surface area contributed by atoms with Gasteiger partial charge in [-0.15, -0.1) is 0 Å². The molecule has 1 rings (SSSR count). The molecule has 0 radical (unpaired) electrons. The summed E-state index contributed by atoms with van der Waals surface area (Å²) >= 11 is 0. The molecule has 0 aliphatic heterocycles. The van der Waals surface area contributed by atoms with Gasteiger partial charge in [-0.1, -0.05) is 0 Å². The Labute approximate surface area is 97.0 Å². The molecule has 90 valence electrons. The van der Waals surface area contributed by atoms with Crippen molar-refractivity contribution in [2.24, 2.45) is 0 Å². The van der Waals surface area contributed by atoms with E-state index in [1.54, 1.807) is 12.1 Å². The smallest absolute Gasteiger partial charge is 0.184 e. The summed E-state index contributed by atoms with van der Waals surface area (Å²) in [5.74, 6) is 0.283. The highest BCUT2D eigenvalue weighted by atomic mass is 16.7. The molecule has 1 aromatic carbocycles. The summed E-state index contributed by atoms with van der Waals surface area (Å²) in [4.78, 5) is 0. The summed E-state index contributed by atoms with van der Waals surface area (Å²) in [5.41, 5.74) is 3.00. The normalized spacial score (nSPS) is 11.1. The number of ether oxygens (including phenoxy) is 2. The molecular formula is C13H20O3. The Morgan fingerprint density at radius 2 is 1.50 bits per heavy atom. The maximum Gasteiger partial charge on any atom is 0.184 e. The minimum Gasteiger partial charge on any atom is -0.508 e. The molecule has 0 aromatic heterocycles. The number of benzene rings is 1. The summed E-state index contributed by atoms with van der Waals surface area (Å²) in [6.45, 7) is 8.99. The van der Waals surface area contributed by atoms with Gasteiger partial charge in [-0.25, -0.2) is 0 Å². The summed E-state index contributed by atoms with van der Waals surface area (Å²) < 4.78 is 11.1. The Hall–Kier alpha value is -1.06. The number of hydrogen-bond acceptors (Lipinski definition) is 3. The molecule has 3 nitrogen and oxygen atoms in total. The number of phenolic OH excluding ortho intramolecular Hbond substituents is 1. The van der Waals surface area contributed by atoms with Crippen molar-refractivity contribution >= 4 is 0 Å². The third-order valence-electron chi connectivity index (χ3n) is 2.45. The summed E-state index contributed by atoms with van der Waals surface area (Å²) in [5, 5.41) is 9.48. The summed E-state index contributed by atoms with van der Waals surface area (Å²) in [6, 6.07) is 3.46. The zero-order valence-corrected chi connectivity index (χ0v) is 10.4. The maximum absolute atomic E-state index is 9.48. The van der Waals surface area contributed by atoms with Gasteiger partial charge in [-0.3, -0.25) is 0 Å². The Kier molecular flexibility index (Phi) is 4.77. The van der Waals surface area contributed by atoms with E-state index in [9.17, 15) is 5.11 Å². The first kappa shape index (κ1) is 13.0. The van der Waals surface area contributed by atoms with Crippen LogP contribution < -0.4 is 0 Å². The van der Waals surface area contributed by atoms with E-state index in [0.717, 1.165) is 16.7 Å². The second kappa shape index (κ2) is 5.87. The van der Waals surface area contributed by atoms with Gasteiger partial charge < -0.3 is 14.6 Å². The third kappa shape index (κ3) is 2.97. The van der Waals surface area contributed by atoms with E-state index in [1.165, 1.54) is 0 Å². The first-order valence-corrected chi connectivity index (χ1v) is 5.63. The molecule has 0 aliphatic carbocycles. The van der Waals surface area contributed by atoms with E-state index in [0.29, 0.717) is 13.2 Å². The molecule has 0 spiro atoms. The monoisotopic (exact) mass is 224 g/mol. The fraction of sp³-hybridized carbons (Fsp3) is 0.538. The molecule has 1 aromatic rings. The number of aromatic hydroxyl groups is 1. The predicted molar refractivity (Wildman–Crippen MR) is 63.6 cm³/mol. The third-order valence-corrected chi connectivity index (χ3v) is 2.45. The minimum atomic E-state index is -0.337. The summed E-state index contributed by atoms with van der Waals surface area (Å²) in [7, 11) is 0. The molecular weight excluding hydrogens is 204 g/mol. The van der Waals surface area contributed by atoms with Gasteiger partial charge >= 0.3 is 0 Å². The molecule has 3 heteroatoms. The van der Waals surface area contributed by atoms with E-state index in [2.05, 4.69) is 0 Å². The second-order valence-corrected chi connectivity index (χ2v) is 3.74. The fourth-order valence-electron chi connectivity index (χ4n) is 1.84. The topological polar surface area (TPSA) is 38.7 Å². The van der Waals surface area contributed by atoms with Crippen LogP contribution in [0.1, 0.15) is 36.8 Å². The lowest BCUT2D eigenvalue weighted by Gasteiger charge is -2.21. The van der Waals surface area contributed by atoms with Crippen molar-refractivity contribution < 1.29 is 14.6 Å². The van der Waals surface area contributed by atoms with Gasteiger partial charge in [0.25, 0.3) is 0 Å². The fourth-order valence-corrected chi connectivity index (χ4v) is 1.84. The lowest BCUT2D eigenvalue weighted by atomic mass is 10.0. The highest BCUT2D eigenvalue weighted by Crippen LogP contribution is 2.29. The standard InChI is InChI=1S/C13H20O3/c1-5-15-13(16-6-2)12-9(3)7-11(14)8-10(12)4/h7-8,13-14H,5-6H2,1-4H3.